The molecule has 1 aromatic rings. The maximum absolute atomic E-state index is 12.5. The minimum Gasteiger partial charge on any atom is -0.481 e. The second-order valence-electron chi connectivity index (χ2n) is 3.48. The highest BCUT2D eigenvalue weighted by Crippen LogP contribution is 2.33. The molecule has 0 fully saturated rings. The molecule has 1 atom stereocenters. The van der Waals surface area contributed by atoms with Gasteiger partial charge in [-0.2, -0.15) is 13.2 Å². The molecule has 8 heteroatoms. The first-order chi connectivity index (χ1) is 7.70. The number of hydrogen-bond donors (Lipinski definition) is 2. The van der Waals surface area contributed by atoms with Gasteiger partial charge in [-0.3, -0.25) is 4.79 Å². The molecule has 1 aromatic carbocycles. The molecule has 18 heavy (non-hydrogen) atoms. The van der Waals surface area contributed by atoms with E-state index in [1.165, 1.54) is 6.07 Å². The van der Waals surface area contributed by atoms with Gasteiger partial charge in [-0.15, -0.1) is 12.4 Å². The SMILES string of the molecule is Cl.NC(CC(=O)O)c1cc(Cl)cc(C(F)(F)F)c1. The third-order valence-corrected chi connectivity index (χ3v) is 2.29. The molecule has 102 valence electrons. The fourth-order valence-electron chi connectivity index (χ4n) is 1.30. The first kappa shape index (κ1) is 17.0. The maximum atomic E-state index is 12.5. The summed E-state index contributed by atoms with van der Waals surface area (Å²) in [6.07, 6.45) is -5.00. The monoisotopic (exact) mass is 303 g/mol. The summed E-state index contributed by atoms with van der Waals surface area (Å²) in [5.41, 5.74) is 4.57. The molecule has 0 aliphatic carbocycles. The Morgan fingerprint density at radius 1 is 1.39 bits per heavy atom. The molecule has 0 saturated carbocycles. The molecule has 0 amide bonds. The number of carboxylic acid groups (broad SMARTS) is 1. The summed E-state index contributed by atoms with van der Waals surface area (Å²) in [6, 6.07) is 1.77. The summed E-state index contributed by atoms with van der Waals surface area (Å²) in [6.45, 7) is 0. The van der Waals surface area contributed by atoms with E-state index < -0.39 is 30.2 Å². The van der Waals surface area contributed by atoms with Crippen molar-refractivity contribution in [2.75, 3.05) is 0 Å². The van der Waals surface area contributed by atoms with E-state index in [1.807, 2.05) is 0 Å². The van der Waals surface area contributed by atoms with E-state index in [0.717, 1.165) is 12.1 Å². The minimum absolute atomic E-state index is 0. The molecule has 0 saturated heterocycles. The summed E-state index contributed by atoms with van der Waals surface area (Å²) in [5.74, 6) is -1.19. The number of carboxylic acids is 1. The van der Waals surface area contributed by atoms with Crippen molar-refractivity contribution in [2.45, 2.75) is 18.6 Å². The molecule has 0 aliphatic rings. The molecule has 3 nitrogen and oxygen atoms in total. The Balaban J connectivity index is 0.00000289. The maximum Gasteiger partial charge on any atom is 0.416 e. The van der Waals surface area contributed by atoms with Gasteiger partial charge in [-0.25, -0.2) is 0 Å². The van der Waals surface area contributed by atoms with Crippen molar-refractivity contribution in [1.82, 2.24) is 0 Å². The number of nitrogens with two attached hydrogens (primary N) is 1. The summed E-state index contributed by atoms with van der Waals surface area (Å²) in [7, 11) is 0. The lowest BCUT2D eigenvalue weighted by molar-refractivity contribution is -0.138. The Hall–Kier alpha value is -0.980. The average molecular weight is 304 g/mol. The third kappa shape index (κ3) is 4.72. The lowest BCUT2D eigenvalue weighted by Gasteiger charge is -2.13. The predicted octanol–water partition coefficient (Wildman–Crippen LogP) is 3.26. The summed E-state index contributed by atoms with van der Waals surface area (Å²) in [5, 5.41) is 8.38. The van der Waals surface area contributed by atoms with Gasteiger partial charge in [0.15, 0.2) is 0 Å². The van der Waals surface area contributed by atoms with Gasteiger partial charge in [0, 0.05) is 11.1 Å². The van der Waals surface area contributed by atoms with Crippen LogP contribution in [0.5, 0.6) is 0 Å². The summed E-state index contributed by atoms with van der Waals surface area (Å²) in [4.78, 5) is 10.4. The van der Waals surface area contributed by atoms with E-state index >= 15 is 0 Å². The molecule has 0 aliphatic heterocycles. The average Bonchev–Trinajstić information content (AvgIpc) is 2.14. The smallest absolute Gasteiger partial charge is 0.416 e. The number of halogens is 5. The third-order valence-electron chi connectivity index (χ3n) is 2.07. The second kappa shape index (κ2) is 6.26. The number of alkyl halides is 3. The zero-order chi connectivity index (χ0) is 13.2. The molecule has 0 heterocycles. The summed E-state index contributed by atoms with van der Waals surface area (Å²) < 4.78 is 37.4. The minimum atomic E-state index is -4.54. The molecular weight excluding hydrogens is 294 g/mol. The highest BCUT2D eigenvalue weighted by atomic mass is 35.5. The van der Waals surface area contributed by atoms with Crippen LogP contribution in [0.25, 0.3) is 0 Å². The Bertz CT molecular complexity index is 438. The Morgan fingerprint density at radius 2 is 1.94 bits per heavy atom. The fraction of sp³-hybridized carbons (Fsp3) is 0.300. The van der Waals surface area contributed by atoms with Gasteiger partial charge < -0.3 is 10.8 Å². The number of benzene rings is 1. The van der Waals surface area contributed by atoms with E-state index in [0.29, 0.717) is 0 Å². The molecule has 0 bridgehead atoms. The van der Waals surface area contributed by atoms with Crippen LogP contribution in [-0.4, -0.2) is 11.1 Å². The van der Waals surface area contributed by atoms with Crippen LogP contribution < -0.4 is 5.73 Å². The van der Waals surface area contributed by atoms with Crippen molar-refractivity contribution < 1.29 is 23.1 Å². The van der Waals surface area contributed by atoms with Gasteiger partial charge >= 0.3 is 12.1 Å². The molecule has 0 spiro atoms. The lowest BCUT2D eigenvalue weighted by Crippen LogP contribution is -2.16. The lowest BCUT2D eigenvalue weighted by atomic mass is 10.0. The van der Waals surface area contributed by atoms with Gasteiger partial charge in [-0.05, 0) is 23.8 Å². The molecule has 0 aromatic heterocycles. The zero-order valence-electron chi connectivity index (χ0n) is 8.87. The van der Waals surface area contributed by atoms with Crippen LogP contribution in [0, 0.1) is 0 Å². The van der Waals surface area contributed by atoms with Gasteiger partial charge in [0.2, 0.25) is 0 Å². The van der Waals surface area contributed by atoms with Crippen LogP contribution in [-0.2, 0) is 11.0 Å². The Labute approximate surface area is 112 Å². The van der Waals surface area contributed by atoms with E-state index in [1.54, 1.807) is 0 Å². The van der Waals surface area contributed by atoms with Gasteiger partial charge in [0.05, 0.1) is 12.0 Å². The van der Waals surface area contributed by atoms with Crippen molar-refractivity contribution >= 4 is 30.0 Å². The second-order valence-corrected chi connectivity index (χ2v) is 3.91. The van der Waals surface area contributed by atoms with Gasteiger partial charge in [-0.1, -0.05) is 11.6 Å². The highest BCUT2D eigenvalue weighted by Gasteiger charge is 2.31. The summed E-state index contributed by atoms with van der Waals surface area (Å²) >= 11 is 5.53. The fourth-order valence-corrected chi connectivity index (χ4v) is 1.54. The van der Waals surface area contributed by atoms with E-state index in [4.69, 9.17) is 22.4 Å². The van der Waals surface area contributed by atoms with Crippen molar-refractivity contribution in [2.24, 2.45) is 5.73 Å². The van der Waals surface area contributed by atoms with Crippen molar-refractivity contribution in [1.29, 1.82) is 0 Å². The van der Waals surface area contributed by atoms with Gasteiger partial charge in [0.25, 0.3) is 0 Å². The molecule has 0 radical (unpaired) electrons. The van der Waals surface area contributed by atoms with Crippen molar-refractivity contribution in [3.8, 4) is 0 Å². The Kier molecular flexibility index (Phi) is 5.92. The van der Waals surface area contributed by atoms with Crippen LogP contribution in [0.1, 0.15) is 23.6 Å². The van der Waals surface area contributed by atoms with Crippen molar-refractivity contribution in [3.05, 3.63) is 34.3 Å². The standard InChI is InChI=1S/C10H9ClF3NO2.ClH/c11-7-2-5(8(15)4-9(16)17)1-6(3-7)10(12,13)14;/h1-3,8H,4,15H2,(H,16,17);1H. The van der Waals surface area contributed by atoms with Gasteiger partial charge in [0.1, 0.15) is 0 Å². The zero-order valence-corrected chi connectivity index (χ0v) is 10.4. The number of carbonyl (C=O) groups is 1. The number of rotatable bonds is 3. The number of aliphatic carboxylic acids is 1. The molecule has 1 unspecified atom stereocenters. The molecule has 1 rings (SSSR count). The number of hydrogen-bond acceptors (Lipinski definition) is 2. The normalized spacial score (nSPS) is 12.7. The topological polar surface area (TPSA) is 63.3 Å². The van der Waals surface area contributed by atoms with Crippen LogP contribution >= 0.6 is 24.0 Å². The van der Waals surface area contributed by atoms with Crippen molar-refractivity contribution in [3.63, 3.8) is 0 Å². The van der Waals surface area contributed by atoms with E-state index in [2.05, 4.69) is 0 Å². The van der Waals surface area contributed by atoms with Crippen LogP contribution in [0.3, 0.4) is 0 Å². The first-order valence-corrected chi connectivity index (χ1v) is 4.93. The van der Waals surface area contributed by atoms with E-state index in [-0.39, 0.29) is 23.0 Å². The largest absolute Gasteiger partial charge is 0.481 e. The van der Waals surface area contributed by atoms with E-state index in [9.17, 15) is 18.0 Å². The van der Waals surface area contributed by atoms with Crippen LogP contribution in [0.2, 0.25) is 5.02 Å². The molecule has 3 N–H and O–H groups in total. The van der Waals surface area contributed by atoms with Crippen LogP contribution in [0.15, 0.2) is 18.2 Å². The Morgan fingerprint density at radius 3 is 2.39 bits per heavy atom. The first-order valence-electron chi connectivity index (χ1n) is 4.55. The quantitative estimate of drug-likeness (QED) is 0.901. The predicted molar refractivity (Wildman–Crippen MR) is 62.9 cm³/mol. The highest BCUT2D eigenvalue weighted by molar-refractivity contribution is 6.30. The molecular formula is C10H10Cl2F3NO2. The van der Waals surface area contributed by atoms with Crippen LogP contribution in [0.4, 0.5) is 13.2 Å².